The fourth-order valence-electron chi connectivity index (χ4n) is 2.33. The van der Waals surface area contributed by atoms with Crippen molar-refractivity contribution in [2.24, 2.45) is 0 Å². The topological polar surface area (TPSA) is 73.6 Å². The number of carbonyl (C=O) groups is 1. The molecule has 0 atom stereocenters. The van der Waals surface area contributed by atoms with Crippen LogP contribution >= 0.6 is 11.6 Å². The first-order chi connectivity index (χ1) is 11.1. The van der Waals surface area contributed by atoms with E-state index in [0.29, 0.717) is 37.0 Å². The van der Waals surface area contributed by atoms with Crippen LogP contribution in [0.15, 0.2) is 34.9 Å². The molecule has 1 aliphatic heterocycles. The van der Waals surface area contributed by atoms with Crippen molar-refractivity contribution in [3.8, 4) is 11.3 Å². The van der Waals surface area contributed by atoms with E-state index < -0.39 is 5.79 Å². The number of benzene rings is 1. The van der Waals surface area contributed by atoms with E-state index in [-0.39, 0.29) is 11.6 Å². The molecule has 2 heterocycles. The number of aromatic nitrogens is 1. The summed E-state index contributed by atoms with van der Waals surface area (Å²) in [6.45, 7) is 3.45. The number of amides is 1. The summed E-state index contributed by atoms with van der Waals surface area (Å²) in [5.41, 5.74) is 1.04. The van der Waals surface area contributed by atoms with Crippen molar-refractivity contribution < 1.29 is 18.8 Å². The van der Waals surface area contributed by atoms with E-state index in [2.05, 4.69) is 10.5 Å². The highest BCUT2D eigenvalue weighted by atomic mass is 35.5. The summed E-state index contributed by atoms with van der Waals surface area (Å²) in [7, 11) is 0. The molecule has 2 aromatic rings. The van der Waals surface area contributed by atoms with Crippen LogP contribution in [0.2, 0.25) is 5.02 Å². The fourth-order valence-corrected chi connectivity index (χ4v) is 2.45. The quantitative estimate of drug-likeness (QED) is 0.908. The second-order valence-corrected chi connectivity index (χ2v) is 5.86. The lowest BCUT2D eigenvalue weighted by Gasteiger charge is -2.21. The van der Waals surface area contributed by atoms with Crippen LogP contribution in [0.3, 0.4) is 0 Å². The molecular weight excluding hydrogens is 320 g/mol. The number of nitrogens with one attached hydrogen (secondary N) is 1. The van der Waals surface area contributed by atoms with Gasteiger partial charge in [-0.1, -0.05) is 16.8 Å². The lowest BCUT2D eigenvalue weighted by Crippen LogP contribution is -2.33. The van der Waals surface area contributed by atoms with E-state index >= 15 is 0 Å². The molecule has 0 spiro atoms. The monoisotopic (exact) mass is 336 g/mol. The van der Waals surface area contributed by atoms with Gasteiger partial charge in [-0.15, -0.1) is 0 Å². The summed E-state index contributed by atoms with van der Waals surface area (Å²) in [6.07, 6.45) is 0.570. The van der Waals surface area contributed by atoms with Gasteiger partial charge in [0, 0.05) is 29.6 Å². The van der Waals surface area contributed by atoms with E-state index in [4.69, 9.17) is 25.6 Å². The minimum absolute atomic E-state index is 0.230. The minimum Gasteiger partial charge on any atom is -0.355 e. The normalized spacial score (nSPS) is 16.4. The largest absolute Gasteiger partial charge is 0.355 e. The second kappa shape index (κ2) is 6.70. The van der Waals surface area contributed by atoms with Gasteiger partial charge in [-0.05, 0) is 31.2 Å². The number of hydrogen-bond donors (Lipinski definition) is 1. The SMILES string of the molecule is CC1(CCNC(=O)c2cc(-c3ccc(Cl)cc3)on2)OCCO1. The van der Waals surface area contributed by atoms with Gasteiger partial charge in [0.1, 0.15) is 0 Å². The van der Waals surface area contributed by atoms with Crippen molar-refractivity contribution in [1.29, 1.82) is 0 Å². The van der Waals surface area contributed by atoms with E-state index in [1.807, 2.05) is 6.92 Å². The molecule has 122 valence electrons. The highest BCUT2D eigenvalue weighted by Gasteiger charge is 2.30. The predicted molar refractivity (Wildman–Crippen MR) is 84.2 cm³/mol. The average molecular weight is 337 g/mol. The number of halogens is 1. The van der Waals surface area contributed by atoms with Gasteiger partial charge in [0.25, 0.3) is 5.91 Å². The van der Waals surface area contributed by atoms with Crippen LogP contribution in [0.25, 0.3) is 11.3 Å². The van der Waals surface area contributed by atoms with Crippen LogP contribution in [0.5, 0.6) is 0 Å². The van der Waals surface area contributed by atoms with Crippen LogP contribution < -0.4 is 5.32 Å². The van der Waals surface area contributed by atoms with Crippen LogP contribution in [0.1, 0.15) is 23.8 Å². The van der Waals surface area contributed by atoms with Crippen molar-refractivity contribution in [2.75, 3.05) is 19.8 Å². The lowest BCUT2D eigenvalue weighted by atomic mass is 10.1. The molecule has 0 bridgehead atoms. The third-order valence-corrected chi connectivity index (χ3v) is 3.89. The van der Waals surface area contributed by atoms with Crippen molar-refractivity contribution in [1.82, 2.24) is 10.5 Å². The Balaban J connectivity index is 1.57. The Morgan fingerprint density at radius 2 is 2.00 bits per heavy atom. The number of hydrogen-bond acceptors (Lipinski definition) is 5. The molecule has 0 radical (unpaired) electrons. The molecule has 1 aromatic heterocycles. The first kappa shape index (κ1) is 16.0. The molecular formula is C16H17ClN2O4. The van der Waals surface area contributed by atoms with Crippen LogP contribution in [-0.4, -0.2) is 36.6 Å². The van der Waals surface area contributed by atoms with Gasteiger partial charge < -0.3 is 19.3 Å². The molecule has 1 aliphatic rings. The van der Waals surface area contributed by atoms with E-state index in [1.54, 1.807) is 30.3 Å². The number of ether oxygens (including phenoxy) is 2. The van der Waals surface area contributed by atoms with Crippen molar-refractivity contribution in [2.45, 2.75) is 19.1 Å². The molecule has 0 unspecified atom stereocenters. The maximum absolute atomic E-state index is 12.1. The van der Waals surface area contributed by atoms with Crippen molar-refractivity contribution >= 4 is 17.5 Å². The standard InChI is InChI=1S/C16H17ClN2O4/c1-16(21-8-9-22-16)6-7-18-15(20)13-10-14(23-19-13)11-2-4-12(17)5-3-11/h2-5,10H,6-9H2,1H3,(H,18,20). The Bertz CT molecular complexity index is 678. The Hall–Kier alpha value is -1.89. The van der Waals surface area contributed by atoms with Crippen LogP contribution in [-0.2, 0) is 9.47 Å². The van der Waals surface area contributed by atoms with Gasteiger partial charge in [-0.3, -0.25) is 4.79 Å². The molecule has 23 heavy (non-hydrogen) atoms. The van der Waals surface area contributed by atoms with Gasteiger partial charge in [-0.25, -0.2) is 0 Å². The third-order valence-electron chi connectivity index (χ3n) is 3.63. The van der Waals surface area contributed by atoms with Crippen molar-refractivity contribution in [3.05, 3.63) is 41.0 Å². The summed E-state index contributed by atoms with van der Waals surface area (Å²) >= 11 is 5.85. The second-order valence-electron chi connectivity index (χ2n) is 5.42. The van der Waals surface area contributed by atoms with Gasteiger partial charge in [-0.2, -0.15) is 0 Å². The molecule has 1 saturated heterocycles. The Morgan fingerprint density at radius 1 is 1.30 bits per heavy atom. The molecule has 6 nitrogen and oxygen atoms in total. The summed E-state index contributed by atoms with van der Waals surface area (Å²) in [5, 5.41) is 7.22. The zero-order valence-corrected chi connectivity index (χ0v) is 13.4. The summed E-state index contributed by atoms with van der Waals surface area (Å²) in [4.78, 5) is 12.1. The summed E-state index contributed by atoms with van der Waals surface area (Å²) in [6, 6.07) is 8.71. The fraction of sp³-hybridized carbons (Fsp3) is 0.375. The highest BCUT2D eigenvalue weighted by Crippen LogP contribution is 2.23. The first-order valence-electron chi connectivity index (χ1n) is 7.34. The smallest absolute Gasteiger partial charge is 0.273 e. The first-order valence-corrected chi connectivity index (χ1v) is 7.72. The zero-order valence-electron chi connectivity index (χ0n) is 12.7. The highest BCUT2D eigenvalue weighted by molar-refractivity contribution is 6.30. The molecule has 0 saturated carbocycles. The minimum atomic E-state index is -0.619. The van der Waals surface area contributed by atoms with E-state index in [1.165, 1.54) is 0 Å². The maximum atomic E-state index is 12.1. The number of nitrogens with zero attached hydrogens (tertiary/aromatic N) is 1. The third kappa shape index (κ3) is 3.90. The molecule has 1 amide bonds. The molecule has 1 N–H and O–H groups in total. The predicted octanol–water partition coefficient (Wildman–Crippen LogP) is 2.88. The van der Waals surface area contributed by atoms with E-state index in [9.17, 15) is 4.79 Å². The van der Waals surface area contributed by atoms with Gasteiger partial charge >= 0.3 is 0 Å². The number of carbonyl (C=O) groups excluding carboxylic acids is 1. The van der Waals surface area contributed by atoms with Gasteiger partial charge in [0.15, 0.2) is 17.2 Å². The molecule has 1 aromatic carbocycles. The number of rotatable bonds is 5. The van der Waals surface area contributed by atoms with Gasteiger partial charge in [0.05, 0.1) is 13.2 Å². The molecule has 1 fully saturated rings. The molecule has 3 rings (SSSR count). The summed E-state index contributed by atoms with van der Waals surface area (Å²) < 4.78 is 16.2. The summed E-state index contributed by atoms with van der Waals surface area (Å²) in [5.74, 6) is -0.400. The Labute approximate surface area is 138 Å². The van der Waals surface area contributed by atoms with E-state index in [0.717, 1.165) is 5.56 Å². The van der Waals surface area contributed by atoms with Crippen LogP contribution in [0, 0.1) is 0 Å². The van der Waals surface area contributed by atoms with Crippen molar-refractivity contribution in [3.63, 3.8) is 0 Å². The maximum Gasteiger partial charge on any atom is 0.273 e. The van der Waals surface area contributed by atoms with Crippen LogP contribution in [0.4, 0.5) is 0 Å². The Morgan fingerprint density at radius 3 is 2.70 bits per heavy atom. The lowest BCUT2D eigenvalue weighted by molar-refractivity contribution is -0.145. The zero-order chi connectivity index (χ0) is 16.3. The molecule has 0 aliphatic carbocycles. The van der Waals surface area contributed by atoms with Gasteiger partial charge in [0.2, 0.25) is 0 Å². The average Bonchev–Trinajstić information content (AvgIpc) is 3.18. The molecule has 7 heteroatoms. The Kier molecular flexibility index (Phi) is 4.66.